The fraction of sp³-hybridized carbons (Fsp3) is 0.240. The lowest BCUT2D eigenvalue weighted by Crippen LogP contribution is -2.73. The number of pyridine rings is 1. The first-order chi connectivity index (χ1) is 15.6. The van der Waals surface area contributed by atoms with E-state index in [-0.39, 0.29) is 48.8 Å². The van der Waals surface area contributed by atoms with Crippen molar-refractivity contribution in [2.24, 2.45) is 0 Å². The highest BCUT2D eigenvalue weighted by molar-refractivity contribution is 5.97. The van der Waals surface area contributed by atoms with Gasteiger partial charge in [-0.05, 0) is 29.3 Å². The van der Waals surface area contributed by atoms with E-state index in [2.05, 4.69) is 4.98 Å². The molecule has 0 unspecified atom stereocenters. The molecule has 2 fully saturated rings. The molecule has 7 heteroatoms. The van der Waals surface area contributed by atoms with Crippen LogP contribution in [0.4, 0.5) is 4.39 Å². The van der Waals surface area contributed by atoms with Gasteiger partial charge in [0.25, 0.3) is 5.91 Å². The third-order valence-electron chi connectivity index (χ3n) is 6.43. The number of aromatic nitrogens is 1. The Bertz CT molecular complexity index is 1150. The zero-order valence-electron chi connectivity index (χ0n) is 17.3. The van der Waals surface area contributed by atoms with Crippen LogP contribution in [-0.4, -0.2) is 63.5 Å². The molecule has 0 saturated carbocycles. The van der Waals surface area contributed by atoms with Gasteiger partial charge < -0.3 is 14.9 Å². The minimum atomic E-state index is -0.331. The Morgan fingerprint density at radius 1 is 1.09 bits per heavy atom. The third-order valence-corrected chi connectivity index (χ3v) is 6.43. The summed E-state index contributed by atoms with van der Waals surface area (Å²) in [5.41, 5.74) is 2.68. The second-order valence-corrected chi connectivity index (χ2v) is 8.17. The monoisotopic (exact) mass is 431 g/mol. The maximum atomic E-state index is 14.1. The van der Waals surface area contributed by atoms with Gasteiger partial charge in [0.2, 0.25) is 5.91 Å². The number of halogens is 1. The van der Waals surface area contributed by atoms with Crippen LogP contribution in [0.2, 0.25) is 0 Å². The van der Waals surface area contributed by atoms with E-state index in [9.17, 15) is 19.1 Å². The molecule has 2 aliphatic rings. The van der Waals surface area contributed by atoms with Gasteiger partial charge in [-0.2, -0.15) is 0 Å². The molecule has 0 radical (unpaired) electrons. The summed E-state index contributed by atoms with van der Waals surface area (Å²) in [6.45, 7) is 0.216. The number of piperazine rings is 1. The first-order valence-corrected chi connectivity index (χ1v) is 10.5. The van der Waals surface area contributed by atoms with Crippen LogP contribution in [0.3, 0.4) is 0 Å². The number of rotatable bonds is 4. The van der Waals surface area contributed by atoms with Crippen molar-refractivity contribution >= 4 is 11.8 Å². The summed E-state index contributed by atoms with van der Waals surface area (Å²) in [5, 5.41) is 9.96. The average Bonchev–Trinajstić information content (AvgIpc) is 2.81. The summed E-state index contributed by atoms with van der Waals surface area (Å²) < 4.78 is 14.1. The number of nitrogens with zero attached hydrogens (tertiary/aromatic N) is 3. The Hall–Kier alpha value is -3.58. The van der Waals surface area contributed by atoms with Crippen LogP contribution in [0.5, 0.6) is 0 Å². The number of aliphatic hydroxyl groups excluding tert-OH is 1. The molecule has 1 aromatic heterocycles. The zero-order valence-corrected chi connectivity index (χ0v) is 17.3. The van der Waals surface area contributed by atoms with Crippen LogP contribution in [0, 0.1) is 5.82 Å². The maximum absolute atomic E-state index is 14.1. The number of fused-ring (bicyclic) bond motifs is 1. The quantitative estimate of drug-likeness (QED) is 0.690. The summed E-state index contributed by atoms with van der Waals surface area (Å²) >= 11 is 0. The Labute approximate surface area is 184 Å². The molecule has 2 aliphatic heterocycles. The molecule has 3 aromatic rings. The van der Waals surface area contributed by atoms with Crippen LogP contribution in [-0.2, 0) is 4.79 Å². The number of carbonyl (C=O) groups is 2. The Balaban J connectivity index is 1.40. The lowest BCUT2D eigenvalue weighted by atomic mass is 9.73. The van der Waals surface area contributed by atoms with Gasteiger partial charge in [-0.25, -0.2) is 4.39 Å². The molecule has 3 heterocycles. The fourth-order valence-corrected chi connectivity index (χ4v) is 4.91. The van der Waals surface area contributed by atoms with Gasteiger partial charge in [0, 0.05) is 30.4 Å². The molecule has 6 nitrogen and oxygen atoms in total. The number of carbonyl (C=O) groups excluding carboxylic acids is 2. The highest BCUT2D eigenvalue weighted by Crippen LogP contribution is 2.43. The molecule has 5 rings (SSSR count). The SMILES string of the molecule is O=C(c1cccnc1)N1CC(=O)N2[C@@H](CO)[C@@H](c3ccc(-c4ccccc4F)cc3)[C@@H]2C1. The number of aliphatic hydroxyl groups is 1. The van der Waals surface area contributed by atoms with Crippen molar-refractivity contribution in [3.05, 3.63) is 90.0 Å². The second kappa shape index (κ2) is 8.16. The van der Waals surface area contributed by atoms with Gasteiger partial charge in [0.1, 0.15) is 12.4 Å². The molecule has 162 valence electrons. The van der Waals surface area contributed by atoms with Gasteiger partial charge in [-0.15, -0.1) is 0 Å². The standard InChI is InChI=1S/C25H22FN3O3/c26-20-6-2-1-5-19(20)16-7-9-17(10-8-16)24-21-13-28(14-23(31)29(21)22(24)15-30)25(32)18-4-3-11-27-12-18/h1-12,21-22,24,30H,13-15H2/t21-,22-,24-/m0/s1. The van der Waals surface area contributed by atoms with Gasteiger partial charge in [0.05, 0.1) is 24.3 Å². The van der Waals surface area contributed by atoms with E-state index in [1.54, 1.807) is 46.3 Å². The first-order valence-electron chi connectivity index (χ1n) is 10.5. The van der Waals surface area contributed by atoms with Gasteiger partial charge in [0.15, 0.2) is 0 Å². The summed E-state index contributed by atoms with van der Waals surface area (Å²) in [7, 11) is 0. The summed E-state index contributed by atoms with van der Waals surface area (Å²) in [4.78, 5) is 32.9. The van der Waals surface area contributed by atoms with Crippen molar-refractivity contribution in [1.29, 1.82) is 0 Å². The molecule has 0 spiro atoms. The molecule has 2 amide bonds. The van der Waals surface area contributed by atoms with E-state index in [0.717, 1.165) is 11.1 Å². The third kappa shape index (κ3) is 3.35. The van der Waals surface area contributed by atoms with Crippen LogP contribution in [0.25, 0.3) is 11.1 Å². The van der Waals surface area contributed by atoms with Gasteiger partial charge >= 0.3 is 0 Å². The van der Waals surface area contributed by atoms with Crippen molar-refractivity contribution in [3.8, 4) is 11.1 Å². The first kappa shape index (κ1) is 20.3. The molecule has 0 bridgehead atoms. The van der Waals surface area contributed by atoms with Gasteiger partial charge in [-0.1, -0.05) is 42.5 Å². The number of benzene rings is 2. The summed E-state index contributed by atoms with van der Waals surface area (Å²) in [6, 6.07) is 17.0. The molecular weight excluding hydrogens is 409 g/mol. The Morgan fingerprint density at radius 3 is 2.56 bits per heavy atom. The predicted octanol–water partition coefficient (Wildman–Crippen LogP) is 2.70. The molecule has 0 aliphatic carbocycles. The zero-order chi connectivity index (χ0) is 22.2. The van der Waals surface area contributed by atoms with E-state index < -0.39 is 0 Å². The molecule has 32 heavy (non-hydrogen) atoms. The number of hydrogen-bond acceptors (Lipinski definition) is 4. The number of hydrogen-bond donors (Lipinski definition) is 1. The van der Waals surface area contributed by atoms with E-state index >= 15 is 0 Å². The highest BCUT2D eigenvalue weighted by Gasteiger charge is 2.54. The normalized spacial score (nSPS) is 22.3. The van der Waals surface area contributed by atoms with Crippen LogP contribution in [0.15, 0.2) is 73.1 Å². The van der Waals surface area contributed by atoms with Crippen molar-refractivity contribution in [2.45, 2.75) is 18.0 Å². The molecular formula is C25H22FN3O3. The maximum Gasteiger partial charge on any atom is 0.255 e. The van der Waals surface area contributed by atoms with Crippen molar-refractivity contribution in [3.63, 3.8) is 0 Å². The summed E-state index contributed by atoms with van der Waals surface area (Å²) in [6.07, 6.45) is 3.09. The predicted molar refractivity (Wildman–Crippen MR) is 116 cm³/mol. The van der Waals surface area contributed by atoms with Crippen molar-refractivity contribution < 1.29 is 19.1 Å². The highest BCUT2D eigenvalue weighted by atomic mass is 19.1. The van der Waals surface area contributed by atoms with E-state index in [0.29, 0.717) is 17.7 Å². The summed E-state index contributed by atoms with van der Waals surface area (Å²) in [5.74, 6) is -0.794. The van der Waals surface area contributed by atoms with Gasteiger partial charge in [-0.3, -0.25) is 14.6 Å². The van der Waals surface area contributed by atoms with E-state index in [1.807, 2.05) is 24.3 Å². The smallest absolute Gasteiger partial charge is 0.255 e. The lowest BCUT2D eigenvalue weighted by Gasteiger charge is -2.58. The molecule has 3 atom stereocenters. The minimum Gasteiger partial charge on any atom is -0.394 e. The van der Waals surface area contributed by atoms with E-state index in [4.69, 9.17) is 0 Å². The fourth-order valence-electron chi connectivity index (χ4n) is 4.91. The molecule has 1 N–H and O–H groups in total. The number of amides is 2. The van der Waals surface area contributed by atoms with Crippen molar-refractivity contribution in [2.75, 3.05) is 19.7 Å². The average molecular weight is 431 g/mol. The Morgan fingerprint density at radius 2 is 1.88 bits per heavy atom. The largest absolute Gasteiger partial charge is 0.394 e. The van der Waals surface area contributed by atoms with Crippen LogP contribution < -0.4 is 0 Å². The Kier molecular flexibility index (Phi) is 5.19. The molecule has 2 aromatic carbocycles. The second-order valence-electron chi connectivity index (χ2n) is 8.17. The lowest BCUT2D eigenvalue weighted by molar-refractivity contribution is -0.159. The molecule has 2 saturated heterocycles. The topological polar surface area (TPSA) is 73.7 Å². The minimum absolute atomic E-state index is 0.0142. The van der Waals surface area contributed by atoms with Crippen LogP contribution >= 0.6 is 0 Å². The van der Waals surface area contributed by atoms with E-state index in [1.165, 1.54) is 12.3 Å². The van der Waals surface area contributed by atoms with Crippen LogP contribution in [0.1, 0.15) is 21.8 Å². The van der Waals surface area contributed by atoms with Crippen molar-refractivity contribution in [1.82, 2.24) is 14.8 Å².